The number of hydrogen-bond acceptors (Lipinski definition) is 5. The molecule has 0 aromatic heterocycles. The summed E-state index contributed by atoms with van der Waals surface area (Å²) in [5.74, 6) is -2.10. The van der Waals surface area contributed by atoms with Crippen molar-refractivity contribution >= 4 is 23.6 Å². The molecular formula is C30H35NO5. The van der Waals surface area contributed by atoms with Gasteiger partial charge in [0.25, 0.3) is 0 Å². The molecule has 6 nitrogen and oxygen atoms in total. The van der Waals surface area contributed by atoms with Crippen LogP contribution < -0.4 is 4.90 Å². The fourth-order valence-electron chi connectivity index (χ4n) is 5.79. The number of rotatable bonds is 9. The smallest absolute Gasteiger partial charge is 0.238 e. The molecule has 4 rings (SSSR count). The van der Waals surface area contributed by atoms with Crippen molar-refractivity contribution in [3.05, 3.63) is 76.9 Å². The molecule has 2 aromatic rings. The number of aliphatic hydroxyl groups is 2. The summed E-state index contributed by atoms with van der Waals surface area (Å²) in [6.45, 7) is 3.73. The number of phenolic OH excluding ortho intramolecular Hbond substituents is 1. The summed E-state index contributed by atoms with van der Waals surface area (Å²) in [5, 5.41) is 31.9. The SMILES string of the molecule is CCC1=C([C@H](O)CC/C(=C/c2ccccc2O)CC)[C@H](CO)[C@@H]2C(=O)N(c3ccccc3)C(=O)[C@@H]2C1. The second-order valence-corrected chi connectivity index (χ2v) is 9.65. The number of para-hydroxylation sites is 2. The molecular weight excluding hydrogens is 454 g/mol. The average Bonchev–Trinajstić information content (AvgIpc) is 3.15. The van der Waals surface area contributed by atoms with E-state index in [1.54, 1.807) is 36.4 Å². The van der Waals surface area contributed by atoms with Crippen LogP contribution in [0.5, 0.6) is 5.75 Å². The monoisotopic (exact) mass is 489 g/mol. The number of benzene rings is 2. The molecule has 2 aromatic carbocycles. The summed E-state index contributed by atoms with van der Waals surface area (Å²) in [7, 11) is 0. The van der Waals surface area contributed by atoms with Crippen molar-refractivity contribution in [2.24, 2.45) is 17.8 Å². The van der Waals surface area contributed by atoms with Gasteiger partial charge in [-0.2, -0.15) is 0 Å². The summed E-state index contributed by atoms with van der Waals surface area (Å²) in [4.78, 5) is 28.1. The molecule has 3 N–H and O–H groups in total. The van der Waals surface area contributed by atoms with Crippen molar-refractivity contribution in [1.82, 2.24) is 0 Å². The minimum Gasteiger partial charge on any atom is -0.507 e. The Morgan fingerprint density at radius 1 is 1.06 bits per heavy atom. The van der Waals surface area contributed by atoms with E-state index in [0.29, 0.717) is 31.4 Å². The number of aromatic hydroxyl groups is 1. The highest BCUT2D eigenvalue weighted by atomic mass is 16.3. The molecule has 0 saturated carbocycles. The second-order valence-electron chi connectivity index (χ2n) is 9.65. The molecule has 0 radical (unpaired) electrons. The molecule has 36 heavy (non-hydrogen) atoms. The van der Waals surface area contributed by atoms with Gasteiger partial charge in [-0.25, -0.2) is 0 Å². The van der Waals surface area contributed by atoms with Gasteiger partial charge in [0, 0.05) is 11.5 Å². The predicted octanol–water partition coefficient (Wildman–Crippen LogP) is 4.85. The highest BCUT2D eigenvalue weighted by Crippen LogP contribution is 2.48. The van der Waals surface area contributed by atoms with E-state index in [-0.39, 0.29) is 24.2 Å². The number of allylic oxidation sites excluding steroid dienone is 2. The maximum absolute atomic E-state index is 13.5. The van der Waals surface area contributed by atoms with Gasteiger partial charge in [0.1, 0.15) is 5.75 Å². The Balaban J connectivity index is 1.58. The van der Waals surface area contributed by atoms with E-state index in [4.69, 9.17) is 0 Å². The maximum Gasteiger partial charge on any atom is 0.238 e. The third-order valence-corrected chi connectivity index (χ3v) is 7.67. The van der Waals surface area contributed by atoms with Gasteiger partial charge < -0.3 is 15.3 Å². The summed E-state index contributed by atoms with van der Waals surface area (Å²) in [6.07, 6.45) is 4.01. The van der Waals surface area contributed by atoms with E-state index in [9.17, 15) is 24.9 Å². The van der Waals surface area contributed by atoms with Gasteiger partial charge in [-0.3, -0.25) is 14.5 Å². The van der Waals surface area contributed by atoms with Crippen LogP contribution in [0.1, 0.15) is 51.5 Å². The van der Waals surface area contributed by atoms with Crippen LogP contribution in [-0.4, -0.2) is 39.8 Å². The molecule has 6 heteroatoms. The van der Waals surface area contributed by atoms with Crippen LogP contribution >= 0.6 is 0 Å². The van der Waals surface area contributed by atoms with Crippen molar-refractivity contribution in [1.29, 1.82) is 0 Å². The molecule has 1 aliphatic heterocycles. The van der Waals surface area contributed by atoms with Crippen molar-refractivity contribution in [2.75, 3.05) is 11.5 Å². The molecule has 1 fully saturated rings. The summed E-state index contributed by atoms with van der Waals surface area (Å²) in [5.41, 5.74) is 4.05. The van der Waals surface area contributed by atoms with Gasteiger partial charge in [-0.15, -0.1) is 0 Å². The lowest BCUT2D eigenvalue weighted by Crippen LogP contribution is -2.39. The number of imide groups is 1. The van der Waals surface area contributed by atoms with E-state index < -0.39 is 23.9 Å². The van der Waals surface area contributed by atoms with Crippen molar-refractivity contribution < 1.29 is 24.9 Å². The number of carbonyl (C=O) groups excluding carboxylic acids is 2. The summed E-state index contributed by atoms with van der Waals surface area (Å²) in [6, 6.07) is 16.1. The fraction of sp³-hybridized carbons (Fsp3) is 0.400. The number of nitrogens with zero attached hydrogens (tertiary/aromatic N) is 1. The van der Waals surface area contributed by atoms with Gasteiger partial charge in [-0.1, -0.05) is 67.5 Å². The Hall–Kier alpha value is -3.22. The molecule has 2 aliphatic rings. The zero-order chi connectivity index (χ0) is 25.8. The zero-order valence-electron chi connectivity index (χ0n) is 20.9. The molecule has 190 valence electrons. The summed E-state index contributed by atoms with van der Waals surface area (Å²) >= 11 is 0. The zero-order valence-corrected chi connectivity index (χ0v) is 20.9. The minimum absolute atomic E-state index is 0.214. The van der Waals surface area contributed by atoms with E-state index in [1.165, 1.54) is 4.90 Å². The van der Waals surface area contributed by atoms with Crippen LogP contribution in [-0.2, 0) is 9.59 Å². The number of phenols is 1. The van der Waals surface area contributed by atoms with Gasteiger partial charge in [0.05, 0.1) is 30.2 Å². The Bertz CT molecular complexity index is 1170. The number of carbonyl (C=O) groups is 2. The normalized spacial score (nSPS) is 23.3. The first kappa shape index (κ1) is 25.9. The number of hydrogen-bond donors (Lipinski definition) is 3. The standard InChI is InChI=1S/C30H35NO5/c1-3-19(16-21-10-8-9-13-25(21)33)14-15-26(34)27-20(4-2)17-23-28(24(27)18-32)30(36)31(29(23)35)22-11-6-5-7-12-22/h5-13,16,23-24,26,28,32-34H,3-4,14-15,17-18H2,1-2H3/b19-16+/t23-,24+,26-,28-/m1/s1. The van der Waals surface area contributed by atoms with Crippen LogP contribution in [0.15, 0.2) is 71.3 Å². The van der Waals surface area contributed by atoms with E-state index in [2.05, 4.69) is 0 Å². The average molecular weight is 490 g/mol. The first-order chi connectivity index (χ1) is 17.4. The highest BCUT2D eigenvalue weighted by molar-refractivity contribution is 6.22. The first-order valence-corrected chi connectivity index (χ1v) is 12.8. The fourth-order valence-corrected chi connectivity index (χ4v) is 5.79. The lowest BCUT2D eigenvalue weighted by atomic mass is 9.67. The van der Waals surface area contributed by atoms with Gasteiger partial charge in [-0.05, 0) is 55.9 Å². The van der Waals surface area contributed by atoms with Crippen molar-refractivity contribution in [2.45, 2.75) is 52.1 Å². The Labute approximate surface area is 212 Å². The number of aliphatic hydroxyl groups excluding tert-OH is 2. The molecule has 0 unspecified atom stereocenters. The molecule has 0 bridgehead atoms. The molecule has 1 saturated heterocycles. The Kier molecular flexibility index (Phi) is 8.07. The third-order valence-electron chi connectivity index (χ3n) is 7.67. The Morgan fingerprint density at radius 2 is 1.75 bits per heavy atom. The van der Waals surface area contributed by atoms with Gasteiger partial charge in [0.2, 0.25) is 11.8 Å². The van der Waals surface area contributed by atoms with E-state index >= 15 is 0 Å². The van der Waals surface area contributed by atoms with Crippen LogP contribution in [0.3, 0.4) is 0 Å². The lowest BCUT2D eigenvalue weighted by Gasteiger charge is -2.36. The van der Waals surface area contributed by atoms with Gasteiger partial charge in [0.15, 0.2) is 0 Å². The van der Waals surface area contributed by atoms with Crippen LogP contribution in [0.25, 0.3) is 6.08 Å². The van der Waals surface area contributed by atoms with Crippen LogP contribution in [0, 0.1) is 17.8 Å². The minimum atomic E-state index is -0.828. The van der Waals surface area contributed by atoms with Crippen LogP contribution in [0.2, 0.25) is 0 Å². The highest BCUT2D eigenvalue weighted by Gasteiger charge is 2.55. The van der Waals surface area contributed by atoms with E-state index in [0.717, 1.165) is 28.7 Å². The van der Waals surface area contributed by atoms with Gasteiger partial charge >= 0.3 is 0 Å². The topological polar surface area (TPSA) is 98.1 Å². The quantitative estimate of drug-likeness (QED) is 0.346. The van der Waals surface area contributed by atoms with Crippen molar-refractivity contribution in [3.63, 3.8) is 0 Å². The van der Waals surface area contributed by atoms with E-state index in [1.807, 2.05) is 38.1 Å². The molecule has 2 amide bonds. The third kappa shape index (κ3) is 4.88. The lowest BCUT2D eigenvalue weighted by molar-refractivity contribution is -0.123. The van der Waals surface area contributed by atoms with Crippen molar-refractivity contribution in [3.8, 4) is 5.75 Å². The molecule has 0 spiro atoms. The summed E-state index contributed by atoms with van der Waals surface area (Å²) < 4.78 is 0. The molecule has 1 aliphatic carbocycles. The predicted molar refractivity (Wildman–Crippen MR) is 140 cm³/mol. The second kappa shape index (κ2) is 11.2. The molecule has 1 heterocycles. The number of amides is 2. The first-order valence-electron chi connectivity index (χ1n) is 12.8. The molecule has 4 atom stereocenters. The maximum atomic E-state index is 13.5. The number of fused-ring (bicyclic) bond motifs is 1. The number of anilines is 1. The largest absolute Gasteiger partial charge is 0.507 e. The Morgan fingerprint density at radius 3 is 2.39 bits per heavy atom. The van der Waals surface area contributed by atoms with Crippen LogP contribution in [0.4, 0.5) is 5.69 Å².